The molecular weight excluding hydrogens is 274 g/mol. The number of rotatable bonds is 5. The second kappa shape index (κ2) is 6.39. The molecule has 3 nitrogen and oxygen atoms in total. The van der Waals surface area contributed by atoms with E-state index in [0.29, 0.717) is 24.2 Å². The molecule has 2 aromatic carbocycles. The molecule has 110 valence electrons. The van der Waals surface area contributed by atoms with Crippen LogP contribution < -0.4 is 0 Å². The first-order chi connectivity index (χ1) is 10.7. The molecule has 0 saturated heterocycles. The standard InChI is InChI=1S/C19H17NO2/c21-18-13-17(19(22)16-9-5-2-6-10-16)14-20(18)12-11-15-7-3-1-4-8-15/h1-10,13H,11-12,14H2. The zero-order valence-electron chi connectivity index (χ0n) is 12.2. The molecular formula is C19H17NO2. The van der Waals surface area contributed by atoms with Crippen LogP contribution in [0.2, 0.25) is 0 Å². The van der Waals surface area contributed by atoms with Gasteiger partial charge in [-0.15, -0.1) is 0 Å². The van der Waals surface area contributed by atoms with Crippen LogP contribution in [0.4, 0.5) is 0 Å². The summed E-state index contributed by atoms with van der Waals surface area (Å²) >= 11 is 0. The maximum atomic E-state index is 12.4. The van der Waals surface area contributed by atoms with Gasteiger partial charge >= 0.3 is 0 Å². The Kier molecular flexibility index (Phi) is 4.15. The second-order valence-electron chi connectivity index (χ2n) is 5.36. The molecule has 0 atom stereocenters. The Morgan fingerprint density at radius 2 is 1.59 bits per heavy atom. The van der Waals surface area contributed by atoms with Crippen LogP contribution in [0.1, 0.15) is 15.9 Å². The lowest BCUT2D eigenvalue weighted by atomic mass is 10.0. The van der Waals surface area contributed by atoms with Gasteiger partial charge in [-0.1, -0.05) is 60.7 Å². The van der Waals surface area contributed by atoms with Crippen molar-refractivity contribution in [3.63, 3.8) is 0 Å². The highest BCUT2D eigenvalue weighted by Crippen LogP contribution is 2.16. The van der Waals surface area contributed by atoms with E-state index < -0.39 is 0 Å². The second-order valence-corrected chi connectivity index (χ2v) is 5.36. The number of carbonyl (C=O) groups excluding carboxylic acids is 2. The fraction of sp³-hybridized carbons (Fsp3) is 0.158. The summed E-state index contributed by atoms with van der Waals surface area (Å²) in [5.74, 6) is -0.133. The Bertz CT molecular complexity index is 705. The maximum Gasteiger partial charge on any atom is 0.247 e. The van der Waals surface area contributed by atoms with E-state index in [1.165, 1.54) is 11.6 Å². The highest BCUT2D eigenvalue weighted by atomic mass is 16.2. The molecule has 0 unspecified atom stereocenters. The first-order valence-electron chi connectivity index (χ1n) is 7.37. The molecule has 1 heterocycles. The minimum absolute atomic E-state index is 0.0591. The zero-order chi connectivity index (χ0) is 15.4. The van der Waals surface area contributed by atoms with Crippen LogP contribution in [-0.2, 0) is 11.2 Å². The summed E-state index contributed by atoms with van der Waals surface area (Å²) in [5, 5.41) is 0. The Labute approximate surface area is 129 Å². The van der Waals surface area contributed by atoms with Crippen molar-refractivity contribution in [2.75, 3.05) is 13.1 Å². The summed E-state index contributed by atoms with van der Waals surface area (Å²) in [7, 11) is 0. The summed E-state index contributed by atoms with van der Waals surface area (Å²) in [5.41, 5.74) is 2.40. The molecule has 3 rings (SSSR count). The molecule has 0 N–H and O–H groups in total. The molecule has 0 bridgehead atoms. The molecule has 22 heavy (non-hydrogen) atoms. The van der Waals surface area contributed by atoms with Gasteiger partial charge in [-0.25, -0.2) is 0 Å². The number of benzene rings is 2. The van der Waals surface area contributed by atoms with Crippen molar-refractivity contribution in [3.05, 3.63) is 83.4 Å². The van der Waals surface area contributed by atoms with Crippen LogP contribution in [0.15, 0.2) is 72.3 Å². The normalized spacial score (nSPS) is 14.1. The molecule has 0 fully saturated rings. The topological polar surface area (TPSA) is 37.4 Å². The van der Waals surface area contributed by atoms with E-state index in [1.54, 1.807) is 17.0 Å². The fourth-order valence-electron chi connectivity index (χ4n) is 2.58. The van der Waals surface area contributed by atoms with Gasteiger partial charge in [0, 0.05) is 23.8 Å². The van der Waals surface area contributed by atoms with Crippen molar-refractivity contribution >= 4 is 11.7 Å². The molecule has 2 aromatic rings. The van der Waals surface area contributed by atoms with E-state index in [1.807, 2.05) is 48.5 Å². The van der Waals surface area contributed by atoms with Crippen molar-refractivity contribution in [2.45, 2.75) is 6.42 Å². The van der Waals surface area contributed by atoms with E-state index in [2.05, 4.69) is 0 Å². The van der Waals surface area contributed by atoms with E-state index in [4.69, 9.17) is 0 Å². The van der Waals surface area contributed by atoms with Gasteiger partial charge in [-0.2, -0.15) is 0 Å². The Morgan fingerprint density at radius 3 is 2.27 bits per heavy atom. The summed E-state index contributed by atoms with van der Waals surface area (Å²) in [6, 6.07) is 19.1. The van der Waals surface area contributed by atoms with Crippen molar-refractivity contribution in [1.82, 2.24) is 4.90 Å². The van der Waals surface area contributed by atoms with E-state index in [9.17, 15) is 9.59 Å². The average molecular weight is 291 g/mol. The molecule has 1 amide bonds. The van der Waals surface area contributed by atoms with Crippen molar-refractivity contribution < 1.29 is 9.59 Å². The summed E-state index contributed by atoms with van der Waals surface area (Å²) in [6.07, 6.45) is 2.27. The number of amides is 1. The van der Waals surface area contributed by atoms with Gasteiger partial charge in [0.05, 0.1) is 6.54 Å². The lowest BCUT2D eigenvalue weighted by molar-refractivity contribution is -0.124. The van der Waals surface area contributed by atoms with Gasteiger partial charge in [0.2, 0.25) is 5.91 Å². The van der Waals surface area contributed by atoms with Crippen LogP contribution >= 0.6 is 0 Å². The maximum absolute atomic E-state index is 12.4. The first-order valence-corrected chi connectivity index (χ1v) is 7.37. The molecule has 3 heteroatoms. The highest BCUT2D eigenvalue weighted by molar-refractivity contribution is 6.14. The highest BCUT2D eigenvalue weighted by Gasteiger charge is 2.25. The van der Waals surface area contributed by atoms with Crippen LogP contribution in [0, 0.1) is 0 Å². The SMILES string of the molecule is O=C(C1=CC(=O)N(CCc2ccccc2)C1)c1ccccc1. The largest absolute Gasteiger partial charge is 0.334 e. The number of ketones is 1. The minimum Gasteiger partial charge on any atom is -0.334 e. The predicted octanol–water partition coefficient (Wildman–Crippen LogP) is 2.88. The fourth-order valence-corrected chi connectivity index (χ4v) is 2.58. The monoisotopic (exact) mass is 291 g/mol. The van der Waals surface area contributed by atoms with Crippen molar-refractivity contribution in [3.8, 4) is 0 Å². The number of carbonyl (C=O) groups is 2. The lowest BCUT2D eigenvalue weighted by Crippen LogP contribution is -2.29. The smallest absolute Gasteiger partial charge is 0.247 e. The van der Waals surface area contributed by atoms with E-state index in [-0.39, 0.29) is 11.7 Å². The Hall–Kier alpha value is -2.68. The Morgan fingerprint density at radius 1 is 0.955 bits per heavy atom. The molecule has 0 radical (unpaired) electrons. The molecule has 0 saturated carbocycles. The third-order valence-electron chi connectivity index (χ3n) is 3.81. The number of hydrogen-bond donors (Lipinski definition) is 0. The molecule has 1 aliphatic heterocycles. The number of Topliss-reactive ketones (excluding diaryl/α,β-unsaturated/α-hetero) is 1. The third kappa shape index (κ3) is 3.14. The molecule has 0 aliphatic carbocycles. The van der Waals surface area contributed by atoms with Gasteiger partial charge in [0.15, 0.2) is 5.78 Å². The first kappa shape index (κ1) is 14.3. The van der Waals surface area contributed by atoms with Gasteiger partial charge in [0.25, 0.3) is 0 Å². The van der Waals surface area contributed by atoms with Crippen LogP contribution in [-0.4, -0.2) is 29.7 Å². The number of nitrogens with zero attached hydrogens (tertiary/aromatic N) is 1. The summed E-state index contributed by atoms with van der Waals surface area (Å²) in [6.45, 7) is 1.03. The van der Waals surface area contributed by atoms with Gasteiger partial charge in [-0.3, -0.25) is 9.59 Å². The van der Waals surface area contributed by atoms with Gasteiger partial charge in [-0.05, 0) is 12.0 Å². The van der Waals surface area contributed by atoms with Gasteiger partial charge in [0.1, 0.15) is 0 Å². The zero-order valence-corrected chi connectivity index (χ0v) is 12.2. The van der Waals surface area contributed by atoms with Crippen molar-refractivity contribution in [1.29, 1.82) is 0 Å². The Balaban J connectivity index is 1.63. The van der Waals surface area contributed by atoms with Crippen LogP contribution in [0.5, 0.6) is 0 Å². The molecule has 0 aromatic heterocycles. The van der Waals surface area contributed by atoms with Crippen LogP contribution in [0.3, 0.4) is 0 Å². The van der Waals surface area contributed by atoms with Gasteiger partial charge < -0.3 is 4.90 Å². The third-order valence-corrected chi connectivity index (χ3v) is 3.81. The number of hydrogen-bond acceptors (Lipinski definition) is 2. The summed E-state index contributed by atoms with van der Waals surface area (Å²) < 4.78 is 0. The minimum atomic E-state index is -0.0739. The quantitative estimate of drug-likeness (QED) is 0.794. The molecule has 0 spiro atoms. The van der Waals surface area contributed by atoms with E-state index in [0.717, 1.165) is 6.42 Å². The van der Waals surface area contributed by atoms with Crippen LogP contribution in [0.25, 0.3) is 0 Å². The lowest BCUT2D eigenvalue weighted by Gasteiger charge is -2.16. The average Bonchev–Trinajstić information content (AvgIpc) is 2.95. The predicted molar refractivity (Wildman–Crippen MR) is 85.6 cm³/mol. The van der Waals surface area contributed by atoms with E-state index >= 15 is 0 Å². The molecule has 1 aliphatic rings. The van der Waals surface area contributed by atoms with Crippen molar-refractivity contribution in [2.24, 2.45) is 0 Å². The summed E-state index contributed by atoms with van der Waals surface area (Å²) in [4.78, 5) is 26.1.